The smallest absolute Gasteiger partial charge is 0.185 e. The highest BCUT2D eigenvalue weighted by Crippen LogP contribution is 2.27. The topological polar surface area (TPSA) is 48.4 Å². The van der Waals surface area contributed by atoms with Crippen LogP contribution in [0.25, 0.3) is 0 Å². The summed E-state index contributed by atoms with van der Waals surface area (Å²) >= 11 is 1.73. The van der Waals surface area contributed by atoms with Gasteiger partial charge in [0.2, 0.25) is 0 Å². The van der Waals surface area contributed by atoms with Crippen LogP contribution in [0.2, 0.25) is 0 Å². The van der Waals surface area contributed by atoms with E-state index in [0.717, 1.165) is 43.1 Å². The molecule has 114 valence electrons. The Kier molecular flexibility index (Phi) is 5.41. The summed E-state index contributed by atoms with van der Waals surface area (Å²) in [5.41, 5.74) is 0.596. The first-order chi connectivity index (χ1) is 9.50. The van der Waals surface area contributed by atoms with Crippen molar-refractivity contribution in [2.24, 2.45) is 0 Å². The molecule has 1 aliphatic carbocycles. The number of hydrogen-bond acceptors (Lipinski definition) is 5. The summed E-state index contributed by atoms with van der Waals surface area (Å²) in [7, 11) is 4.04. The van der Waals surface area contributed by atoms with E-state index in [-0.39, 0.29) is 0 Å². The van der Waals surface area contributed by atoms with Gasteiger partial charge in [-0.3, -0.25) is 0 Å². The molecule has 0 atom stereocenters. The molecule has 1 aromatic rings. The average molecular weight is 297 g/mol. The molecule has 0 unspecified atom stereocenters. The second kappa shape index (κ2) is 6.87. The zero-order valence-electron chi connectivity index (χ0n) is 12.9. The van der Waals surface area contributed by atoms with Crippen LogP contribution in [-0.2, 0) is 6.54 Å². The Morgan fingerprint density at radius 2 is 1.90 bits per heavy atom. The minimum absolute atomic E-state index is 0.501. The average Bonchev–Trinajstić information content (AvgIpc) is 2.62. The van der Waals surface area contributed by atoms with E-state index in [1.54, 1.807) is 11.3 Å². The van der Waals surface area contributed by atoms with Crippen LogP contribution < -0.4 is 10.2 Å². The van der Waals surface area contributed by atoms with Crippen molar-refractivity contribution in [1.82, 2.24) is 10.3 Å². The molecule has 4 nitrogen and oxygen atoms in total. The fourth-order valence-electron chi connectivity index (χ4n) is 2.74. The maximum absolute atomic E-state index is 10.6. The molecule has 5 heteroatoms. The zero-order valence-corrected chi connectivity index (χ0v) is 13.7. The van der Waals surface area contributed by atoms with Gasteiger partial charge in [-0.2, -0.15) is 0 Å². The third-order valence-electron chi connectivity index (χ3n) is 4.04. The highest BCUT2D eigenvalue weighted by atomic mass is 32.1. The molecule has 0 spiro atoms. The molecule has 1 heterocycles. The first-order valence-electron chi connectivity index (χ1n) is 7.57. The number of aryl methyl sites for hydroxylation is 1. The molecule has 0 saturated heterocycles. The standard InChI is InChI=1S/C15H27N3OS/c1-12-13(20-14(17-12)18(2)3)10-16-11-15(19)8-6-4-5-7-9-15/h16,19H,4-11H2,1-3H3. The summed E-state index contributed by atoms with van der Waals surface area (Å²) in [6, 6.07) is 0. The van der Waals surface area contributed by atoms with Crippen molar-refractivity contribution in [3.63, 3.8) is 0 Å². The molecule has 1 fully saturated rings. The van der Waals surface area contributed by atoms with E-state index in [1.807, 2.05) is 19.0 Å². The Labute approximate surface area is 126 Å². The lowest BCUT2D eigenvalue weighted by Gasteiger charge is -2.26. The van der Waals surface area contributed by atoms with Crippen molar-refractivity contribution in [1.29, 1.82) is 0 Å². The molecular weight excluding hydrogens is 270 g/mol. The predicted octanol–water partition coefficient (Wildman–Crippen LogP) is 2.69. The van der Waals surface area contributed by atoms with Crippen molar-refractivity contribution in [2.75, 3.05) is 25.5 Å². The summed E-state index contributed by atoms with van der Waals surface area (Å²) in [5, 5.41) is 15.1. The van der Waals surface area contributed by atoms with Crippen LogP contribution in [0.15, 0.2) is 0 Å². The van der Waals surface area contributed by atoms with Crippen LogP contribution in [0.5, 0.6) is 0 Å². The lowest BCUT2D eigenvalue weighted by Crippen LogP contribution is -2.39. The van der Waals surface area contributed by atoms with E-state index in [1.165, 1.54) is 17.7 Å². The number of anilines is 1. The molecule has 0 amide bonds. The van der Waals surface area contributed by atoms with Crippen molar-refractivity contribution >= 4 is 16.5 Å². The van der Waals surface area contributed by atoms with E-state index < -0.39 is 5.60 Å². The van der Waals surface area contributed by atoms with Crippen LogP contribution >= 0.6 is 11.3 Å². The lowest BCUT2D eigenvalue weighted by molar-refractivity contribution is 0.0251. The van der Waals surface area contributed by atoms with Gasteiger partial charge >= 0.3 is 0 Å². The number of thiazole rings is 1. The molecular formula is C15H27N3OS. The quantitative estimate of drug-likeness (QED) is 0.821. The Hall–Kier alpha value is -0.650. The second-order valence-electron chi connectivity index (χ2n) is 6.14. The third kappa shape index (κ3) is 4.17. The van der Waals surface area contributed by atoms with Crippen LogP contribution in [0.4, 0.5) is 5.13 Å². The Morgan fingerprint density at radius 1 is 1.25 bits per heavy atom. The summed E-state index contributed by atoms with van der Waals surface area (Å²) in [6.07, 6.45) is 6.71. The van der Waals surface area contributed by atoms with Gasteiger partial charge in [0.05, 0.1) is 11.3 Å². The normalized spacial score (nSPS) is 18.8. The summed E-state index contributed by atoms with van der Waals surface area (Å²) in [5.74, 6) is 0. The summed E-state index contributed by atoms with van der Waals surface area (Å²) in [6.45, 7) is 3.56. The lowest BCUT2D eigenvalue weighted by atomic mass is 9.94. The number of nitrogens with one attached hydrogen (secondary N) is 1. The van der Waals surface area contributed by atoms with E-state index in [9.17, 15) is 5.11 Å². The number of nitrogens with zero attached hydrogens (tertiary/aromatic N) is 2. The molecule has 2 rings (SSSR count). The maximum atomic E-state index is 10.6. The van der Waals surface area contributed by atoms with Gasteiger partial charge in [-0.1, -0.05) is 25.7 Å². The number of hydrogen-bond donors (Lipinski definition) is 2. The van der Waals surface area contributed by atoms with Gasteiger partial charge in [0.15, 0.2) is 5.13 Å². The van der Waals surface area contributed by atoms with Gasteiger partial charge in [0.25, 0.3) is 0 Å². The number of aromatic nitrogens is 1. The fraction of sp³-hybridized carbons (Fsp3) is 0.800. The van der Waals surface area contributed by atoms with Crippen LogP contribution in [0.1, 0.15) is 49.1 Å². The van der Waals surface area contributed by atoms with E-state index in [4.69, 9.17) is 0 Å². The van der Waals surface area contributed by atoms with Gasteiger partial charge in [-0.15, -0.1) is 11.3 Å². The van der Waals surface area contributed by atoms with Crippen LogP contribution in [-0.4, -0.2) is 36.3 Å². The molecule has 1 aliphatic rings. The van der Waals surface area contributed by atoms with Crippen LogP contribution in [0, 0.1) is 6.92 Å². The molecule has 2 N–H and O–H groups in total. The van der Waals surface area contributed by atoms with Crippen molar-refractivity contribution in [2.45, 2.75) is 57.6 Å². The monoisotopic (exact) mass is 297 g/mol. The Bertz CT molecular complexity index is 423. The largest absolute Gasteiger partial charge is 0.389 e. The molecule has 20 heavy (non-hydrogen) atoms. The minimum atomic E-state index is -0.501. The minimum Gasteiger partial charge on any atom is -0.389 e. The molecule has 0 radical (unpaired) electrons. The molecule has 1 saturated carbocycles. The van der Waals surface area contributed by atoms with Gasteiger partial charge < -0.3 is 15.3 Å². The number of rotatable bonds is 5. The van der Waals surface area contributed by atoms with Gasteiger partial charge in [0.1, 0.15) is 0 Å². The molecule has 0 bridgehead atoms. The van der Waals surface area contributed by atoms with E-state index in [2.05, 4.69) is 17.2 Å². The first-order valence-corrected chi connectivity index (χ1v) is 8.38. The van der Waals surface area contributed by atoms with Gasteiger partial charge in [-0.05, 0) is 19.8 Å². The fourth-order valence-corrected chi connectivity index (χ4v) is 3.69. The van der Waals surface area contributed by atoms with Gasteiger partial charge in [-0.25, -0.2) is 4.98 Å². The highest BCUT2D eigenvalue weighted by molar-refractivity contribution is 7.15. The van der Waals surface area contributed by atoms with Crippen LogP contribution in [0.3, 0.4) is 0 Å². The van der Waals surface area contributed by atoms with Crippen molar-refractivity contribution in [3.8, 4) is 0 Å². The van der Waals surface area contributed by atoms with E-state index in [0.29, 0.717) is 6.54 Å². The maximum Gasteiger partial charge on any atom is 0.185 e. The van der Waals surface area contributed by atoms with Crippen molar-refractivity contribution in [3.05, 3.63) is 10.6 Å². The van der Waals surface area contributed by atoms with Crippen molar-refractivity contribution < 1.29 is 5.11 Å². The Balaban J connectivity index is 1.85. The highest BCUT2D eigenvalue weighted by Gasteiger charge is 2.27. The molecule has 0 aromatic carbocycles. The van der Waals surface area contributed by atoms with Gasteiger partial charge in [0, 0.05) is 32.1 Å². The summed E-state index contributed by atoms with van der Waals surface area (Å²) in [4.78, 5) is 7.86. The Morgan fingerprint density at radius 3 is 2.45 bits per heavy atom. The summed E-state index contributed by atoms with van der Waals surface area (Å²) < 4.78 is 0. The third-order valence-corrected chi connectivity index (χ3v) is 5.36. The molecule has 1 aromatic heterocycles. The number of aliphatic hydroxyl groups is 1. The SMILES string of the molecule is Cc1nc(N(C)C)sc1CNCC1(O)CCCCCC1. The van der Waals surface area contributed by atoms with E-state index >= 15 is 0 Å². The predicted molar refractivity (Wildman–Crippen MR) is 85.5 cm³/mol. The molecule has 0 aliphatic heterocycles. The second-order valence-corrected chi connectivity index (χ2v) is 7.20. The zero-order chi connectivity index (χ0) is 14.6. The first kappa shape index (κ1) is 15.7.